The van der Waals surface area contributed by atoms with Crippen molar-refractivity contribution in [2.24, 2.45) is 0 Å². The first-order chi connectivity index (χ1) is 11.7. The van der Waals surface area contributed by atoms with Crippen LogP contribution < -0.4 is 10.1 Å². The molecule has 2 rings (SSSR count). The third-order valence-electron chi connectivity index (χ3n) is 3.24. The summed E-state index contributed by atoms with van der Waals surface area (Å²) < 4.78 is 5.54. The molecule has 0 atom stereocenters. The molecule has 0 spiro atoms. The maximum absolute atomic E-state index is 12.2. The topological polar surface area (TPSA) is 62.1 Å². The molecule has 0 aliphatic carbocycles. The van der Waals surface area contributed by atoms with Gasteiger partial charge in [-0.3, -0.25) is 4.79 Å². The van der Waals surface area contributed by atoms with E-state index >= 15 is 0 Å². The predicted octanol–water partition coefficient (Wildman–Crippen LogP) is 3.47. The van der Waals surface area contributed by atoms with Crippen LogP contribution in [0.1, 0.15) is 11.1 Å². The molecule has 1 amide bonds. The number of ether oxygens (including phenoxy) is 1. The summed E-state index contributed by atoms with van der Waals surface area (Å²) >= 11 is 0. The van der Waals surface area contributed by atoms with Crippen LogP contribution in [0, 0.1) is 11.3 Å². The average molecular weight is 318 g/mol. The Hall–Kier alpha value is -3.32. The maximum atomic E-state index is 12.2. The molecule has 0 bridgehead atoms. The van der Waals surface area contributed by atoms with Gasteiger partial charge >= 0.3 is 0 Å². The van der Waals surface area contributed by atoms with E-state index in [9.17, 15) is 10.1 Å². The standard InChI is InChI=1S/C20H18N2O2/c1-2-12-24-19-11-7-6-10-17(19)13-18(14-21)20(23)22-15-16-8-4-3-5-9-16/h2-11,13H,1,12,15H2,(H,22,23)/b18-13-. The van der Waals surface area contributed by atoms with Gasteiger partial charge in [0.1, 0.15) is 24.0 Å². The van der Waals surface area contributed by atoms with Gasteiger partial charge in [0.15, 0.2) is 0 Å². The molecule has 0 aromatic heterocycles. The van der Waals surface area contributed by atoms with Crippen LogP contribution in [0.25, 0.3) is 6.08 Å². The molecule has 0 aliphatic rings. The van der Waals surface area contributed by atoms with E-state index in [4.69, 9.17) is 4.74 Å². The van der Waals surface area contributed by atoms with Gasteiger partial charge < -0.3 is 10.1 Å². The van der Waals surface area contributed by atoms with E-state index in [1.807, 2.05) is 48.5 Å². The molecule has 2 aromatic rings. The number of amides is 1. The Bertz CT molecular complexity index is 774. The Labute approximate surface area is 141 Å². The number of hydrogen-bond donors (Lipinski definition) is 1. The fourth-order valence-electron chi connectivity index (χ4n) is 2.06. The summed E-state index contributed by atoms with van der Waals surface area (Å²) in [6, 6.07) is 18.7. The minimum atomic E-state index is -0.417. The van der Waals surface area contributed by atoms with Gasteiger partial charge in [-0.15, -0.1) is 0 Å². The summed E-state index contributed by atoms with van der Waals surface area (Å²) in [5.41, 5.74) is 1.67. The molecule has 0 unspecified atom stereocenters. The quantitative estimate of drug-likeness (QED) is 0.483. The van der Waals surface area contributed by atoms with E-state index in [0.717, 1.165) is 5.56 Å². The van der Waals surface area contributed by atoms with Crippen molar-refractivity contribution in [3.05, 3.63) is 84.0 Å². The zero-order valence-electron chi connectivity index (χ0n) is 13.2. The molecular weight excluding hydrogens is 300 g/mol. The Morgan fingerprint density at radius 3 is 2.58 bits per heavy atom. The van der Waals surface area contributed by atoms with Crippen LogP contribution in [0.3, 0.4) is 0 Å². The monoisotopic (exact) mass is 318 g/mol. The molecule has 2 aromatic carbocycles. The van der Waals surface area contributed by atoms with Gasteiger partial charge in [-0.25, -0.2) is 0 Å². The number of carbonyl (C=O) groups is 1. The molecule has 120 valence electrons. The van der Waals surface area contributed by atoms with Crippen molar-refractivity contribution in [2.45, 2.75) is 6.54 Å². The fraction of sp³-hybridized carbons (Fsp3) is 0.100. The predicted molar refractivity (Wildman–Crippen MR) is 94.0 cm³/mol. The van der Waals surface area contributed by atoms with Crippen LogP contribution in [-0.2, 0) is 11.3 Å². The molecule has 1 N–H and O–H groups in total. The highest BCUT2D eigenvalue weighted by Gasteiger charge is 2.10. The summed E-state index contributed by atoms with van der Waals surface area (Å²) in [4.78, 5) is 12.2. The molecule has 0 radical (unpaired) electrons. The van der Waals surface area contributed by atoms with Crippen LogP contribution in [0.4, 0.5) is 0 Å². The zero-order valence-corrected chi connectivity index (χ0v) is 13.2. The lowest BCUT2D eigenvalue weighted by molar-refractivity contribution is -0.117. The van der Waals surface area contributed by atoms with Crippen molar-refractivity contribution in [1.82, 2.24) is 5.32 Å². The number of hydrogen-bond acceptors (Lipinski definition) is 3. The van der Waals surface area contributed by atoms with Gasteiger partial charge in [0.2, 0.25) is 0 Å². The van der Waals surface area contributed by atoms with Crippen molar-refractivity contribution < 1.29 is 9.53 Å². The Morgan fingerprint density at radius 2 is 1.88 bits per heavy atom. The highest BCUT2D eigenvalue weighted by Crippen LogP contribution is 2.21. The molecule has 4 heteroatoms. The minimum Gasteiger partial charge on any atom is -0.489 e. The van der Waals surface area contributed by atoms with Crippen molar-refractivity contribution in [2.75, 3.05) is 6.61 Å². The molecule has 4 nitrogen and oxygen atoms in total. The summed E-state index contributed by atoms with van der Waals surface area (Å²) in [6.45, 7) is 4.33. The molecule has 0 fully saturated rings. The van der Waals surface area contributed by atoms with Gasteiger partial charge in [-0.2, -0.15) is 5.26 Å². The average Bonchev–Trinajstić information content (AvgIpc) is 2.64. The lowest BCUT2D eigenvalue weighted by Gasteiger charge is -2.08. The normalized spacial score (nSPS) is 10.5. The maximum Gasteiger partial charge on any atom is 0.262 e. The lowest BCUT2D eigenvalue weighted by atomic mass is 10.1. The van der Waals surface area contributed by atoms with Crippen molar-refractivity contribution in [1.29, 1.82) is 5.26 Å². The van der Waals surface area contributed by atoms with E-state index in [0.29, 0.717) is 24.5 Å². The number of rotatable bonds is 7. The van der Waals surface area contributed by atoms with Gasteiger partial charge in [0.05, 0.1) is 0 Å². The van der Waals surface area contributed by atoms with Crippen LogP contribution in [0.15, 0.2) is 72.8 Å². The van der Waals surface area contributed by atoms with Crippen LogP contribution >= 0.6 is 0 Å². The molecule has 0 saturated carbocycles. The second kappa shape index (κ2) is 8.96. The first kappa shape index (κ1) is 17.0. The van der Waals surface area contributed by atoms with Gasteiger partial charge in [-0.1, -0.05) is 61.2 Å². The second-order valence-corrected chi connectivity index (χ2v) is 4.98. The van der Waals surface area contributed by atoms with Gasteiger partial charge in [-0.05, 0) is 17.7 Å². The number of para-hydroxylation sites is 1. The van der Waals surface area contributed by atoms with Gasteiger partial charge in [0.25, 0.3) is 5.91 Å². The van der Waals surface area contributed by atoms with Crippen LogP contribution in [0.2, 0.25) is 0 Å². The highest BCUT2D eigenvalue weighted by atomic mass is 16.5. The second-order valence-electron chi connectivity index (χ2n) is 4.98. The summed E-state index contributed by atoms with van der Waals surface area (Å²) in [6.07, 6.45) is 3.16. The number of nitrogens with one attached hydrogen (secondary N) is 1. The molecule has 0 saturated heterocycles. The van der Waals surface area contributed by atoms with Crippen LogP contribution in [0.5, 0.6) is 5.75 Å². The smallest absolute Gasteiger partial charge is 0.262 e. The molecule has 0 aliphatic heterocycles. The first-order valence-electron chi connectivity index (χ1n) is 7.51. The fourth-order valence-corrected chi connectivity index (χ4v) is 2.06. The van der Waals surface area contributed by atoms with Crippen molar-refractivity contribution in [3.8, 4) is 11.8 Å². The number of nitriles is 1. The Kier molecular flexibility index (Phi) is 6.36. The van der Waals surface area contributed by atoms with E-state index in [-0.39, 0.29) is 5.57 Å². The van der Waals surface area contributed by atoms with Gasteiger partial charge in [0, 0.05) is 12.1 Å². The summed E-state index contributed by atoms with van der Waals surface area (Å²) in [7, 11) is 0. The third-order valence-corrected chi connectivity index (χ3v) is 3.24. The largest absolute Gasteiger partial charge is 0.489 e. The summed E-state index contributed by atoms with van der Waals surface area (Å²) in [5.74, 6) is 0.181. The SMILES string of the molecule is C=CCOc1ccccc1/C=C(/C#N)C(=O)NCc1ccccc1. The van der Waals surface area contributed by atoms with Crippen molar-refractivity contribution >= 4 is 12.0 Å². The number of benzene rings is 2. The Morgan fingerprint density at radius 1 is 1.17 bits per heavy atom. The zero-order chi connectivity index (χ0) is 17.2. The molecule has 0 heterocycles. The molecule has 24 heavy (non-hydrogen) atoms. The van der Waals surface area contributed by atoms with Crippen molar-refractivity contribution in [3.63, 3.8) is 0 Å². The Balaban J connectivity index is 2.12. The number of carbonyl (C=O) groups excluding carboxylic acids is 1. The van der Waals surface area contributed by atoms with E-state index in [1.165, 1.54) is 6.08 Å². The highest BCUT2D eigenvalue weighted by molar-refractivity contribution is 6.01. The number of nitrogens with zero attached hydrogens (tertiary/aromatic N) is 1. The molecular formula is C20H18N2O2. The minimum absolute atomic E-state index is 0.0283. The van der Waals surface area contributed by atoms with E-state index in [2.05, 4.69) is 11.9 Å². The van der Waals surface area contributed by atoms with Crippen LogP contribution in [-0.4, -0.2) is 12.5 Å². The lowest BCUT2D eigenvalue weighted by Crippen LogP contribution is -2.23. The summed E-state index contributed by atoms with van der Waals surface area (Å²) in [5, 5.41) is 12.0. The third kappa shape index (κ3) is 4.85. The first-order valence-corrected chi connectivity index (χ1v) is 7.51. The van der Waals surface area contributed by atoms with E-state index < -0.39 is 5.91 Å². The van der Waals surface area contributed by atoms with E-state index in [1.54, 1.807) is 18.2 Å².